The summed E-state index contributed by atoms with van der Waals surface area (Å²) in [5, 5.41) is 0.896. The van der Waals surface area contributed by atoms with Crippen LogP contribution in [-0.4, -0.2) is 52.9 Å². The molecule has 0 atom stereocenters. The summed E-state index contributed by atoms with van der Waals surface area (Å²) in [7, 11) is -1.29. The number of ether oxygens (including phenoxy) is 1. The molecule has 4 rings (SSSR count). The van der Waals surface area contributed by atoms with Gasteiger partial charge >= 0.3 is 20.3 Å². The van der Waals surface area contributed by atoms with E-state index in [0.29, 0.717) is 0 Å². The lowest BCUT2D eigenvalue weighted by Gasteiger charge is -2.32. The first kappa shape index (κ1) is 26.3. The van der Waals surface area contributed by atoms with E-state index < -0.39 is 54.1 Å². The third-order valence-corrected chi connectivity index (χ3v) is 7.82. The Hall–Kier alpha value is -1.80. The molecule has 1 aromatic carbocycles. The van der Waals surface area contributed by atoms with Crippen molar-refractivity contribution in [3.8, 4) is 0 Å². The van der Waals surface area contributed by atoms with Crippen LogP contribution in [-0.2, 0) is 23.4 Å². The molecule has 35 heavy (non-hydrogen) atoms. The first-order chi connectivity index (χ1) is 15.9. The zero-order valence-corrected chi connectivity index (χ0v) is 23.0. The summed E-state index contributed by atoms with van der Waals surface area (Å²) < 4.78 is 33.3. The second kappa shape index (κ2) is 8.10. The van der Waals surface area contributed by atoms with Crippen molar-refractivity contribution in [2.45, 2.75) is 110 Å². The lowest BCUT2D eigenvalue weighted by atomic mass is 9.49. The smallest absolute Gasteiger partial charge is 0.443 e. The van der Waals surface area contributed by atoms with Gasteiger partial charge in [0, 0.05) is 11.6 Å². The summed E-state index contributed by atoms with van der Waals surface area (Å²) >= 11 is 0. The molecule has 0 spiro atoms. The highest BCUT2D eigenvalue weighted by Gasteiger charge is 2.62. The Morgan fingerprint density at radius 1 is 0.829 bits per heavy atom. The first-order valence-electron chi connectivity index (χ1n) is 12.4. The Bertz CT molecular complexity index is 1060. The molecule has 2 aliphatic rings. The molecular weight excluding hydrogens is 444 g/mol. The van der Waals surface area contributed by atoms with E-state index in [1.807, 2.05) is 107 Å². The molecule has 3 heterocycles. The van der Waals surface area contributed by atoms with E-state index in [2.05, 4.69) is 0 Å². The summed E-state index contributed by atoms with van der Waals surface area (Å²) in [5.41, 5.74) is -1.64. The molecule has 2 saturated heterocycles. The number of para-hydroxylation sites is 1. The minimum absolute atomic E-state index is 0.443. The molecule has 0 radical (unpaired) electrons. The van der Waals surface area contributed by atoms with Crippen LogP contribution in [0.4, 0.5) is 4.79 Å². The minimum Gasteiger partial charge on any atom is -0.443 e. The van der Waals surface area contributed by atoms with Crippen LogP contribution in [0.25, 0.3) is 10.9 Å². The molecule has 1 aromatic heterocycles. The quantitative estimate of drug-likeness (QED) is 0.517. The minimum atomic E-state index is -0.646. The van der Waals surface area contributed by atoms with E-state index >= 15 is 0 Å². The van der Waals surface area contributed by atoms with Crippen molar-refractivity contribution in [1.29, 1.82) is 0 Å². The van der Waals surface area contributed by atoms with Crippen molar-refractivity contribution in [3.63, 3.8) is 0 Å². The molecule has 9 heteroatoms. The largest absolute Gasteiger partial charge is 0.463 e. The molecule has 2 fully saturated rings. The van der Waals surface area contributed by atoms with Gasteiger partial charge < -0.3 is 23.4 Å². The van der Waals surface area contributed by atoms with E-state index in [1.165, 1.54) is 0 Å². The van der Waals surface area contributed by atoms with Gasteiger partial charge in [0.05, 0.1) is 33.6 Å². The van der Waals surface area contributed by atoms with Gasteiger partial charge in [-0.3, -0.25) is 4.57 Å². The van der Waals surface area contributed by atoms with Crippen molar-refractivity contribution in [3.05, 3.63) is 36.0 Å². The highest BCUT2D eigenvalue weighted by Crippen LogP contribution is 2.47. The normalized spacial score (nSPS) is 22.9. The van der Waals surface area contributed by atoms with Crippen molar-refractivity contribution < 1.29 is 28.1 Å². The number of fused-ring (bicyclic) bond motifs is 1. The molecule has 190 valence electrons. The molecule has 0 bridgehead atoms. The highest BCUT2D eigenvalue weighted by molar-refractivity contribution is 6.68. The monoisotopic (exact) mass is 483 g/mol. The predicted molar refractivity (Wildman–Crippen MR) is 138 cm³/mol. The van der Waals surface area contributed by atoms with Crippen LogP contribution < -0.4 is 0 Å². The van der Waals surface area contributed by atoms with Crippen LogP contribution in [0.2, 0.25) is 0 Å². The van der Waals surface area contributed by atoms with Crippen LogP contribution in [0.5, 0.6) is 0 Å². The van der Waals surface area contributed by atoms with E-state index in [1.54, 1.807) is 4.57 Å². The fraction of sp³-hybridized carbons (Fsp3) is 0.654. The SMILES string of the molecule is CC(C)(C)OC(=O)n1cc(C(B2OC(C)(C)C(C)(C)O2)B2OC(C)(C)C(C)(C)O2)c2ccccc21. The third kappa shape index (κ3) is 4.57. The van der Waals surface area contributed by atoms with Crippen molar-refractivity contribution in [1.82, 2.24) is 4.57 Å². The summed E-state index contributed by atoms with van der Waals surface area (Å²) in [5.74, 6) is 0. The lowest BCUT2D eigenvalue weighted by molar-refractivity contribution is 0.00578. The topological polar surface area (TPSA) is 68.2 Å². The van der Waals surface area contributed by atoms with Gasteiger partial charge in [0.15, 0.2) is 0 Å². The van der Waals surface area contributed by atoms with Gasteiger partial charge in [0.1, 0.15) is 5.60 Å². The third-order valence-electron chi connectivity index (χ3n) is 7.82. The number of nitrogens with zero attached hydrogens (tertiary/aromatic N) is 1. The molecule has 0 saturated carbocycles. The molecule has 0 N–H and O–H groups in total. The van der Waals surface area contributed by atoms with Crippen LogP contribution in [0.1, 0.15) is 87.4 Å². The van der Waals surface area contributed by atoms with E-state index in [0.717, 1.165) is 16.5 Å². The first-order valence-corrected chi connectivity index (χ1v) is 12.4. The second-order valence-corrected chi connectivity index (χ2v) is 12.7. The summed E-state index contributed by atoms with van der Waals surface area (Å²) in [6.07, 6.45) is 1.38. The Morgan fingerprint density at radius 3 is 1.69 bits per heavy atom. The average molecular weight is 483 g/mol. The zero-order chi connectivity index (χ0) is 26.2. The van der Waals surface area contributed by atoms with Crippen molar-refractivity contribution >= 4 is 31.2 Å². The lowest BCUT2D eigenvalue weighted by Crippen LogP contribution is -2.41. The molecule has 0 aliphatic carbocycles. The second-order valence-electron chi connectivity index (χ2n) is 12.7. The van der Waals surface area contributed by atoms with Gasteiger partial charge in [0.2, 0.25) is 0 Å². The molecule has 2 aliphatic heterocycles. The van der Waals surface area contributed by atoms with Crippen LogP contribution in [0.15, 0.2) is 30.5 Å². The van der Waals surface area contributed by atoms with Crippen LogP contribution in [0.3, 0.4) is 0 Å². The Labute approximate surface area is 210 Å². The summed E-state index contributed by atoms with van der Waals surface area (Å²) in [4.78, 5) is 13.2. The van der Waals surface area contributed by atoms with Crippen molar-refractivity contribution in [2.75, 3.05) is 0 Å². The summed E-state index contributed by atoms with van der Waals surface area (Å²) in [6.45, 7) is 21.8. The number of rotatable bonds is 3. The van der Waals surface area contributed by atoms with E-state index in [9.17, 15) is 4.79 Å². The van der Waals surface area contributed by atoms with Crippen LogP contribution >= 0.6 is 0 Å². The van der Waals surface area contributed by atoms with Crippen LogP contribution in [0, 0.1) is 0 Å². The van der Waals surface area contributed by atoms with Gasteiger partial charge in [-0.1, -0.05) is 18.2 Å². The van der Waals surface area contributed by atoms with Gasteiger partial charge in [0.25, 0.3) is 0 Å². The number of hydrogen-bond donors (Lipinski definition) is 0. The zero-order valence-electron chi connectivity index (χ0n) is 23.0. The number of benzene rings is 1. The molecular formula is C26H39B2NO6. The summed E-state index contributed by atoms with van der Waals surface area (Å²) in [6, 6.07) is 7.77. The Kier molecular flexibility index (Phi) is 6.08. The van der Waals surface area contributed by atoms with Gasteiger partial charge in [-0.05, 0) is 87.8 Å². The fourth-order valence-corrected chi connectivity index (χ4v) is 4.43. The van der Waals surface area contributed by atoms with E-state index in [-0.39, 0.29) is 0 Å². The molecule has 0 amide bonds. The average Bonchev–Trinajstić information content (AvgIpc) is 3.22. The maximum absolute atomic E-state index is 13.2. The maximum Gasteiger partial charge on any atom is 0.463 e. The van der Waals surface area contributed by atoms with Crippen molar-refractivity contribution in [2.24, 2.45) is 0 Å². The predicted octanol–water partition coefficient (Wildman–Crippen LogP) is 5.77. The number of hydrogen-bond acceptors (Lipinski definition) is 6. The van der Waals surface area contributed by atoms with Gasteiger partial charge in [-0.15, -0.1) is 0 Å². The highest BCUT2D eigenvalue weighted by atomic mass is 16.7. The fourth-order valence-electron chi connectivity index (χ4n) is 4.43. The Balaban J connectivity index is 1.86. The Morgan fingerprint density at radius 2 is 1.26 bits per heavy atom. The molecule has 2 aromatic rings. The van der Waals surface area contributed by atoms with E-state index in [4.69, 9.17) is 23.4 Å². The standard InChI is InChI=1S/C26H39B2NO6/c1-22(2,3)31-21(30)29-16-18(17-14-12-13-15-19(17)29)20(27-32-23(4,5)24(6,7)33-27)28-34-25(8,9)26(10,11)35-28/h12-16,20H,1-11H3. The molecule has 7 nitrogen and oxygen atoms in total. The number of carbonyl (C=O) groups excluding carboxylic acids is 1. The van der Waals surface area contributed by atoms with Gasteiger partial charge in [-0.25, -0.2) is 4.79 Å². The number of carbonyl (C=O) groups is 1. The van der Waals surface area contributed by atoms with Gasteiger partial charge in [-0.2, -0.15) is 0 Å². The maximum atomic E-state index is 13.2. The number of aromatic nitrogens is 1. The molecule has 0 unspecified atom stereocenters.